The standard InChI is InChI=1S/C24H33N3O.2ClH/c1-5-26(6-2)24(28)21-9-7-19(8-10-21)22-11-12-23(25-17-22)20-13-15-27(16-14-20)18(3)4;;/h7-12,17-18,20H,5-6,13-16H2,1-4H3;2*1H. The van der Waals surface area contributed by atoms with Crippen LogP contribution in [0.15, 0.2) is 42.6 Å². The van der Waals surface area contributed by atoms with Crippen LogP contribution in [0.1, 0.15) is 62.5 Å². The molecule has 2 aromatic rings. The third-order valence-electron chi connectivity index (χ3n) is 5.98. The normalized spacial score (nSPS) is 14.7. The Kier molecular flexibility index (Phi) is 10.8. The first-order valence-corrected chi connectivity index (χ1v) is 10.6. The lowest BCUT2D eigenvalue weighted by atomic mass is 9.92. The SMILES string of the molecule is CCN(CC)C(=O)c1ccc(-c2ccc(C3CCN(C(C)C)CC3)nc2)cc1.Cl.Cl. The molecule has 3 rings (SSSR count). The molecule has 166 valence electrons. The molecular weight excluding hydrogens is 417 g/mol. The van der Waals surface area contributed by atoms with Gasteiger partial charge in [0, 0.05) is 48.1 Å². The van der Waals surface area contributed by atoms with E-state index in [9.17, 15) is 4.79 Å². The van der Waals surface area contributed by atoms with Crippen molar-refractivity contribution < 1.29 is 4.79 Å². The highest BCUT2D eigenvalue weighted by Crippen LogP contribution is 2.29. The fourth-order valence-corrected chi connectivity index (χ4v) is 4.03. The summed E-state index contributed by atoms with van der Waals surface area (Å²) >= 11 is 0. The van der Waals surface area contributed by atoms with Crippen molar-refractivity contribution in [1.82, 2.24) is 14.8 Å². The van der Waals surface area contributed by atoms with Gasteiger partial charge in [-0.25, -0.2) is 0 Å². The first-order valence-electron chi connectivity index (χ1n) is 10.6. The molecule has 1 aromatic carbocycles. The summed E-state index contributed by atoms with van der Waals surface area (Å²) in [5.74, 6) is 0.663. The maximum absolute atomic E-state index is 12.4. The van der Waals surface area contributed by atoms with Gasteiger partial charge in [0.25, 0.3) is 5.91 Å². The molecule has 6 heteroatoms. The number of nitrogens with zero attached hydrogens (tertiary/aromatic N) is 3. The summed E-state index contributed by atoms with van der Waals surface area (Å²) in [4.78, 5) is 21.6. The van der Waals surface area contributed by atoms with Crippen molar-refractivity contribution in [3.63, 3.8) is 0 Å². The van der Waals surface area contributed by atoms with Crippen molar-refractivity contribution in [2.75, 3.05) is 26.2 Å². The molecule has 0 aliphatic carbocycles. The lowest BCUT2D eigenvalue weighted by Crippen LogP contribution is -2.37. The van der Waals surface area contributed by atoms with Crippen molar-refractivity contribution in [3.8, 4) is 11.1 Å². The van der Waals surface area contributed by atoms with Gasteiger partial charge in [-0.1, -0.05) is 18.2 Å². The van der Waals surface area contributed by atoms with Crippen LogP contribution in [0.25, 0.3) is 11.1 Å². The Labute approximate surface area is 193 Å². The molecule has 0 spiro atoms. The summed E-state index contributed by atoms with van der Waals surface area (Å²) < 4.78 is 0. The molecule has 0 saturated carbocycles. The van der Waals surface area contributed by atoms with E-state index in [1.165, 1.54) is 18.5 Å². The minimum atomic E-state index is 0. The van der Waals surface area contributed by atoms with E-state index in [2.05, 4.69) is 30.9 Å². The van der Waals surface area contributed by atoms with Crippen LogP contribution in [-0.2, 0) is 0 Å². The van der Waals surface area contributed by atoms with Crippen LogP contribution in [0.2, 0.25) is 0 Å². The highest BCUT2D eigenvalue weighted by Gasteiger charge is 2.22. The molecule has 30 heavy (non-hydrogen) atoms. The van der Waals surface area contributed by atoms with Crippen molar-refractivity contribution in [2.45, 2.75) is 52.5 Å². The van der Waals surface area contributed by atoms with Gasteiger partial charge in [-0.05, 0) is 77.4 Å². The number of aromatic nitrogens is 1. The number of piperidine rings is 1. The summed E-state index contributed by atoms with van der Waals surface area (Å²) in [6.45, 7) is 12.4. The summed E-state index contributed by atoms with van der Waals surface area (Å²) in [5, 5.41) is 0. The number of amides is 1. The molecule has 0 radical (unpaired) electrons. The van der Waals surface area contributed by atoms with E-state index >= 15 is 0 Å². The number of hydrogen-bond donors (Lipinski definition) is 0. The number of hydrogen-bond acceptors (Lipinski definition) is 3. The van der Waals surface area contributed by atoms with E-state index in [1.807, 2.05) is 49.2 Å². The number of rotatable bonds is 6. The molecule has 0 atom stereocenters. The Morgan fingerprint density at radius 1 is 1.00 bits per heavy atom. The Balaban J connectivity index is 0.00000225. The summed E-state index contributed by atoms with van der Waals surface area (Å²) in [6, 6.07) is 12.9. The van der Waals surface area contributed by atoms with Gasteiger partial charge in [0.1, 0.15) is 0 Å². The summed E-state index contributed by atoms with van der Waals surface area (Å²) in [7, 11) is 0. The zero-order valence-corrected chi connectivity index (χ0v) is 20.1. The van der Waals surface area contributed by atoms with Gasteiger partial charge in [-0.15, -0.1) is 24.8 Å². The van der Waals surface area contributed by atoms with Crippen LogP contribution in [-0.4, -0.2) is 52.9 Å². The first kappa shape index (κ1) is 26.4. The zero-order valence-electron chi connectivity index (χ0n) is 18.5. The number of carbonyl (C=O) groups excluding carboxylic acids is 1. The number of likely N-dealkylation sites (tertiary alicyclic amines) is 1. The van der Waals surface area contributed by atoms with Crippen molar-refractivity contribution in [1.29, 1.82) is 0 Å². The predicted molar refractivity (Wildman–Crippen MR) is 130 cm³/mol. The van der Waals surface area contributed by atoms with Gasteiger partial charge in [0.2, 0.25) is 0 Å². The van der Waals surface area contributed by atoms with Gasteiger partial charge < -0.3 is 9.80 Å². The average molecular weight is 452 g/mol. The Hall–Kier alpha value is -1.62. The molecule has 1 saturated heterocycles. The number of benzene rings is 1. The van der Waals surface area contributed by atoms with Crippen LogP contribution in [0.4, 0.5) is 0 Å². The molecule has 1 amide bonds. The first-order chi connectivity index (χ1) is 13.5. The fraction of sp³-hybridized carbons (Fsp3) is 0.500. The van der Waals surface area contributed by atoms with Crippen LogP contribution in [0.3, 0.4) is 0 Å². The van der Waals surface area contributed by atoms with Gasteiger partial charge >= 0.3 is 0 Å². The van der Waals surface area contributed by atoms with E-state index in [-0.39, 0.29) is 30.7 Å². The summed E-state index contributed by atoms with van der Waals surface area (Å²) in [6.07, 6.45) is 4.35. The highest BCUT2D eigenvalue weighted by molar-refractivity contribution is 5.94. The Bertz CT molecular complexity index is 766. The second-order valence-electron chi connectivity index (χ2n) is 7.93. The average Bonchev–Trinajstić information content (AvgIpc) is 2.75. The third-order valence-corrected chi connectivity index (χ3v) is 5.98. The number of halogens is 2. The number of pyridine rings is 1. The lowest BCUT2D eigenvalue weighted by Gasteiger charge is -2.34. The molecule has 0 N–H and O–H groups in total. The van der Waals surface area contributed by atoms with Gasteiger partial charge in [-0.2, -0.15) is 0 Å². The second-order valence-corrected chi connectivity index (χ2v) is 7.93. The molecule has 2 heterocycles. The largest absolute Gasteiger partial charge is 0.339 e. The van der Waals surface area contributed by atoms with E-state index in [1.54, 1.807) is 0 Å². The molecule has 4 nitrogen and oxygen atoms in total. The third kappa shape index (κ3) is 6.19. The minimum Gasteiger partial charge on any atom is -0.339 e. The maximum atomic E-state index is 12.4. The quantitative estimate of drug-likeness (QED) is 0.567. The van der Waals surface area contributed by atoms with E-state index in [0.717, 1.165) is 42.9 Å². The maximum Gasteiger partial charge on any atom is 0.253 e. The predicted octanol–water partition coefficient (Wildman–Crippen LogP) is 5.66. The van der Waals surface area contributed by atoms with Crippen LogP contribution in [0, 0.1) is 0 Å². The van der Waals surface area contributed by atoms with Gasteiger partial charge in [-0.3, -0.25) is 9.78 Å². The molecular formula is C24H35Cl2N3O. The Morgan fingerprint density at radius 3 is 2.03 bits per heavy atom. The fourth-order valence-electron chi connectivity index (χ4n) is 4.03. The van der Waals surface area contributed by atoms with Crippen molar-refractivity contribution >= 4 is 30.7 Å². The van der Waals surface area contributed by atoms with Crippen LogP contribution >= 0.6 is 24.8 Å². The van der Waals surface area contributed by atoms with E-state index in [0.29, 0.717) is 12.0 Å². The molecule has 0 bridgehead atoms. The van der Waals surface area contributed by atoms with Crippen molar-refractivity contribution in [3.05, 3.63) is 53.9 Å². The molecule has 1 fully saturated rings. The molecule has 1 aliphatic rings. The van der Waals surface area contributed by atoms with E-state index in [4.69, 9.17) is 4.98 Å². The Morgan fingerprint density at radius 2 is 1.57 bits per heavy atom. The number of carbonyl (C=O) groups is 1. The highest BCUT2D eigenvalue weighted by atomic mass is 35.5. The van der Waals surface area contributed by atoms with E-state index < -0.39 is 0 Å². The van der Waals surface area contributed by atoms with Gasteiger partial charge in [0.15, 0.2) is 0 Å². The second kappa shape index (κ2) is 12.3. The molecule has 1 aliphatic heterocycles. The van der Waals surface area contributed by atoms with Crippen LogP contribution < -0.4 is 0 Å². The topological polar surface area (TPSA) is 36.4 Å². The lowest BCUT2D eigenvalue weighted by molar-refractivity contribution is 0.0773. The monoisotopic (exact) mass is 451 g/mol. The molecule has 0 unspecified atom stereocenters. The van der Waals surface area contributed by atoms with Gasteiger partial charge in [0.05, 0.1) is 0 Å². The zero-order chi connectivity index (χ0) is 20.1. The molecule has 1 aromatic heterocycles. The van der Waals surface area contributed by atoms with Crippen molar-refractivity contribution in [2.24, 2.45) is 0 Å². The summed E-state index contributed by atoms with van der Waals surface area (Å²) in [5.41, 5.74) is 4.16. The van der Waals surface area contributed by atoms with Crippen LogP contribution in [0.5, 0.6) is 0 Å². The minimum absolute atomic E-state index is 0. The smallest absolute Gasteiger partial charge is 0.253 e.